The van der Waals surface area contributed by atoms with Gasteiger partial charge in [0.25, 0.3) is 11.4 Å². The molecule has 14 nitrogen and oxygen atoms in total. The zero-order chi connectivity index (χ0) is 30.6. The summed E-state index contributed by atoms with van der Waals surface area (Å²) >= 11 is 0. The Morgan fingerprint density at radius 2 is 1.12 bits per heavy atom. The molecule has 42 heavy (non-hydrogen) atoms. The summed E-state index contributed by atoms with van der Waals surface area (Å²) in [7, 11) is 6.85. The maximum atomic E-state index is 12.6. The van der Waals surface area contributed by atoms with Gasteiger partial charge in [0, 0.05) is 59.6 Å². The molecule has 0 spiro atoms. The van der Waals surface area contributed by atoms with Gasteiger partial charge in [0.1, 0.15) is 0 Å². The molecule has 2 unspecified atom stereocenters. The second-order valence-corrected chi connectivity index (χ2v) is 9.98. The lowest BCUT2D eigenvalue weighted by molar-refractivity contribution is -0.384. The highest BCUT2D eigenvalue weighted by Crippen LogP contribution is 2.24. The predicted octanol–water partition coefficient (Wildman–Crippen LogP) is 3.53. The molecule has 14 heteroatoms. The Morgan fingerprint density at radius 3 is 1.45 bits per heavy atom. The van der Waals surface area contributed by atoms with Gasteiger partial charge in [-0.05, 0) is 52.5 Å². The van der Waals surface area contributed by atoms with E-state index in [4.69, 9.17) is 9.47 Å². The molecule has 0 N–H and O–H groups in total. The number of carbonyl (C=O) groups excluding carboxylic acids is 2. The van der Waals surface area contributed by atoms with Gasteiger partial charge in [-0.1, -0.05) is 0 Å². The molecule has 0 aliphatic carbocycles. The molecule has 0 bridgehead atoms. The van der Waals surface area contributed by atoms with Crippen molar-refractivity contribution in [1.82, 2.24) is 18.9 Å². The van der Waals surface area contributed by atoms with Crippen molar-refractivity contribution < 1.29 is 28.9 Å². The highest BCUT2D eigenvalue weighted by Gasteiger charge is 2.21. The highest BCUT2D eigenvalue weighted by molar-refractivity contribution is 5.91. The van der Waals surface area contributed by atoms with E-state index in [2.05, 4.69) is 0 Å². The van der Waals surface area contributed by atoms with Crippen LogP contribution in [-0.2, 0) is 32.2 Å². The van der Waals surface area contributed by atoms with E-state index in [1.165, 1.54) is 24.3 Å². The Labute approximate surface area is 240 Å². The molecule has 2 aromatic carbocycles. The van der Waals surface area contributed by atoms with Crippen molar-refractivity contribution in [3.63, 3.8) is 0 Å². The maximum Gasteiger partial charge on any atom is 0.332 e. The topological polar surface area (TPSA) is 155 Å². The summed E-state index contributed by atoms with van der Waals surface area (Å²) in [4.78, 5) is 50.0. The molecule has 2 heterocycles. The maximum absolute atomic E-state index is 12.6. The third kappa shape index (κ3) is 6.97. The van der Waals surface area contributed by atoms with Crippen LogP contribution in [0.25, 0.3) is 21.8 Å². The summed E-state index contributed by atoms with van der Waals surface area (Å²) in [6.45, 7) is 0.376. The van der Waals surface area contributed by atoms with Crippen molar-refractivity contribution >= 4 is 45.1 Å². The summed E-state index contributed by atoms with van der Waals surface area (Å²) in [5.74, 6) is -1.56. The first kappa shape index (κ1) is 29.9. The van der Waals surface area contributed by atoms with Gasteiger partial charge >= 0.3 is 11.9 Å². The van der Waals surface area contributed by atoms with Gasteiger partial charge < -0.3 is 18.6 Å². The largest absolute Gasteiger partial charge is 0.441 e. The van der Waals surface area contributed by atoms with Crippen LogP contribution < -0.4 is 0 Å². The van der Waals surface area contributed by atoms with Crippen molar-refractivity contribution in [3.8, 4) is 0 Å². The Bertz CT molecular complexity index is 1550. The highest BCUT2D eigenvalue weighted by atomic mass is 16.6. The molecule has 4 aromatic rings. The lowest BCUT2D eigenvalue weighted by Crippen LogP contribution is -2.36. The van der Waals surface area contributed by atoms with E-state index in [0.29, 0.717) is 11.0 Å². The Hall–Kier alpha value is -5.08. The van der Waals surface area contributed by atoms with Crippen molar-refractivity contribution in [1.29, 1.82) is 0 Å². The number of nitrogens with zero attached hydrogens (tertiary/aromatic N) is 6. The second kappa shape index (κ2) is 12.6. The van der Waals surface area contributed by atoms with Gasteiger partial charge in [-0.3, -0.25) is 30.0 Å². The number of esters is 2. The molecule has 220 valence electrons. The number of non-ortho nitro benzene ring substituents is 2. The zero-order valence-corrected chi connectivity index (χ0v) is 23.4. The molecule has 4 rings (SSSR count). The van der Waals surface area contributed by atoms with Crippen LogP contribution in [0.15, 0.2) is 73.1 Å². The van der Waals surface area contributed by atoms with Gasteiger partial charge in [-0.2, -0.15) is 0 Å². The smallest absolute Gasteiger partial charge is 0.332 e. The van der Waals surface area contributed by atoms with Gasteiger partial charge in [-0.25, -0.2) is 9.59 Å². The molecule has 0 aliphatic heterocycles. The average molecular weight is 579 g/mol. The number of nitro groups is 2. The Kier molecular flexibility index (Phi) is 8.98. The van der Waals surface area contributed by atoms with Crippen LogP contribution in [-0.4, -0.2) is 81.4 Å². The molecular formula is C28H30N6O8. The van der Waals surface area contributed by atoms with Crippen LogP contribution in [0.5, 0.6) is 0 Å². The molecular weight excluding hydrogens is 548 g/mol. The SMILES string of the molecule is CN(C)C(Cn1ccc2ccc([N+](=O)[O-])cc21)OC(=O)/C=C/C(=O)OC(Cn1ccc2ccc([N+](=O)[O-])cc21)N(C)C. The fourth-order valence-electron chi connectivity index (χ4n) is 4.32. The third-order valence-corrected chi connectivity index (χ3v) is 6.65. The molecule has 0 amide bonds. The van der Waals surface area contributed by atoms with E-state index in [0.717, 1.165) is 22.9 Å². The molecule has 2 atom stereocenters. The first-order valence-corrected chi connectivity index (χ1v) is 12.8. The number of benzene rings is 2. The van der Waals surface area contributed by atoms with Crippen LogP contribution in [0.3, 0.4) is 0 Å². The van der Waals surface area contributed by atoms with Gasteiger partial charge in [0.15, 0.2) is 12.5 Å². The minimum absolute atomic E-state index is 0.0513. The average Bonchev–Trinajstić information content (AvgIpc) is 3.54. The van der Waals surface area contributed by atoms with Gasteiger partial charge in [-0.15, -0.1) is 0 Å². The molecule has 0 fully saturated rings. The van der Waals surface area contributed by atoms with Gasteiger partial charge in [0.05, 0.1) is 34.0 Å². The second-order valence-electron chi connectivity index (χ2n) is 9.98. The predicted molar refractivity (Wildman–Crippen MR) is 153 cm³/mol. The number of ether oxygens (including phenoxy) is 2. The first-order chi connectivity index (χ1) is 19.9. The summed E-state index contributed by atoms with van der Waals surface area (Å²) in [5, 5.41) is 24.0. The number of carbonyl (C=O) groups is 2. The minimum atomic E-state index is -0.779. The monoisotopic (exact) mass is 578 g/mol. The number of hydrogen-bond donors (Lipinski definition) is 0. The number of fused-ring (bicyclic) bond motifs is 2. The van der Waals surface area contributed by atoms with Crippen LogP contribution in [0, 0.1) is 20.2 Å². The molecule has 2 aromatic heterocycles. The van der Waals surface area contributed by atoms with E-state index in [1.54, 1.807) is 71.7 Å². The molecule has 0 aliphatic rings. The minimum Gasteiger partial charge on any atom is -0.441 e. The van der Waals surface area contributed by atoms with Gasteiger partial charge in [0.2, 0.25) is 0 Å². The molecule has 0 saturated heterocycles. The van der Waals surface area contributed by atoms with Crippen LogP contribution in [0.2, 0.25) is 0 Å². The van der Waals surface area contributed by atoms with Crippen LogP contribution in [0.4, 0.5) is 11.4 Å². The number of rotatable bonds is 12. The standard InChI is InChI=1S/C28H30N6O8/c1-29(2)25(17-31-13-11-19-5-7-21(33(37)38)15-23(19)31)41-27(35)9-10-28(36)42-26(30(3)4)18-32-14-12-20-6-8-22(34(39)40)16-24(20)32/h5-16,25-26H,17-18H2,1-4H3/b10-9+. The summed E-state index contributed by atoms with van der Waals surface area (Å²) < 4.78 is 14.6. The Morgan fingerprint density at radius 1 is 0.738 bits per heavy atom. The van der Waals surface area contributed by atoms with E-state index < -0.39 is 34.2 Å². The molecule has 0 saturated carbocycles. The summed E-state index contributed by atoms with van der Waals surface area (Å²) in [6, 6.07) is 12.7. The third-order valence-electron chi connectivity index (χ3n) is 6.65. The number of hydrogen-bond acceptors (Lipinski definition) is 10. The summed E-state index contributed by atoms with van der Waals surface area (Å²) in [5.41, 5.74) is 1.13. The van der Waals surface area contributed by atoms with E-state index in [9.17, 15) is 29.8 Å². The zero-order valence-electron chi connectivity index (χ0n) is 23.4. The van der Waals surface area contributed by atoms with Crippen molar-refractivity contribution in [2.45, 2.75) is 25.5 Å². The summed E-state index contributed by atoms with van der Waals surface area (Å²) in [6.07, 6.45) is 3.96. The van der Waals surface area contributed by atoms with E-state index >= 15 is 0 Å². The van der Waals surface area contributed by atoms with Crippen molar-refractivity contribution in [3.05, 3.63) is 93.3 Å². The number of likely N-dealkylation sites (N-methyl/N-ethyl adjacent to an activating group) is 2. The quantitative estimate of drug-likeness (QED) is 0.0801. The van der Waals surface area contributed by atoms with Crippen LogP contribution >= 0.6 is 0 Å². The van der Waals surface area contributed by atoms with Crippen molar-refractivity contribution in [2.75, 3.05) is 28.2 Å². The number of nitro benzene ring substituents is 2. The normalized spacial score (nSPS) is 13.2. The Balaban J connectivity index is 1.40. The van der Waals surface area contributed by atoms with E-state index in [1.807, 2.05) is 12.1 Å². The van der Waals surface area contributed by atoms with Crippen LogP contribution in [0.1, 0.15) is 0 Å². The van der Waals surface area contributed by atoms with E-state index in [-0.39, 0.29) is 24.5 Å². The van der Waals surface area contributed by atoms with Crippen molar-refractivity contribution in [2.24, 2.45) is 0 Å². The first-order valence-electron chi connectivity index (χ1n) is 12.8. The lowest BCUT2D eigenvalue weighted by Gasteiger charge is -2.25. The lowest BCUT2D eigenvalue weighted by atomic mass is 10.2. The fourth-order valence-corrected chi connectivity index (χ4v) is 4.32. The molecule has 0 radical (unpaired) electrons. The fraction of sp³-hybridized carbons (Fsp3) is 0.286. The number of aromatic nitrogens is 2.